The van der Waals surface area contributed by atoms with Crippen LogP contribution in [0.5, 0.6) is 0 Å². The summed E-state index contributed by atoms with van der Waals surface area (Å²) in [7, 11) is 0.0128. The summed E-state index contributed by atoms with van der Waals surface area (Å²) in [6, 6.07) is 9.64. The summed E-state index contributed by atoms with van der Waals surface area (Å²) in [5.41, 5.74) is 0.876. The Labute approximate surface area is 94.9 Å². The molecular formula is C8H15N5O2S. The topological polar surface area (TPSA) is 114 Å². The van der Waals surface area contributed by atoms with Crippen molar-refractivity contribution < 1.29 is 8.42 Å². The van der Waals surface area contributed by atoms with E-state index in [1.54, 1.807) is 5.01 Å². The van der Waals surface area contributed by atoms with Gasteiger partial charge in [0.1, 0.15) is 0 Å². The average Bonchev–Trinajstić information content (AvgIpc) is 2.14. The number of nitrogens with two attached hydrogens (primary N) is 2. The summed E-state index contributed by atoms with van der Waals surface area (Å²) in [5, 5.41) is 17.7. The Kier molecular flexibility index (Phi) is 6.23. The molecule has 0 aromatic heterocycles. The van der Waals surface area contributed by atoms with Crippen LogP contribution < -0.4 is 10.3 Å². The quantitative estimate of drug-likeness (QED) is 0.580. The number of benzene rings is 1. The zero-order chi connectivity index (χ0) is 12.6. The van der Waals surface area contributed by atoms with E-state index in [9.17, 15) is 8.42 Å². The Bertz CT molecular complexity index is 407. The summed E-state index contributed by atoms with van der Waals surface area (Å²) in [4.78, 5) is 0. The molecule has 0 radical (unpaired) electrons. The van der Waals surface area contributed by atoms with Crippen molar-refractivity contribution in [3.63, 3.8) is 0 Å². The maximum atomic E-state index is 9.19. The molecule has 0 aliphatic carbocycles. The third kappa shape index (κ3) is 12.5. The van der Waals surface area contributed by atoms with Gasteiger partial charge >= 0.3 is 0 Å². The maximum absolute atomic E-state index is 9.19. The number of hydrogen-bond acceptors (Lipinski definition) is 4. The molecule has 0 atom stereocenters. The smallest absolute Gasteiger partial charge is 0.271 e. The Morgan fingerprint density at radius 1 is 1.12 bits per heavy atom. The largest absolute Gasteiger partial charge is 0.285 e. The van der Waals surface area contributed by atoms with Crippen LogP contribution in [0.2, 0.25) is 0 Å². The van der Waals surface area contributed by atoms with Crippen LogP contribution in [-0.4, -0.2) is 27.5 Å². The zero-order valence-corrected chi connectivity index (χ0v) is 9.92. The molecule has 0 amide bonds. The van der Waals surface area contributed by atoms with Gasteiger partial charge < -0.3 is 0 Å². The highest BCUT2D eigenvalue weighted by Crippen LogP contribution is 2.09. The van der Waals surface area contributed by atoms with Crippen LogP contribution in [0.25, 0.3) is 0 Å². The predicted molar refractivity (Wildman–Crippen MR) is 61.9 cm³/mol. The van der Waals surface area contributed by atoms with Gasteiger partial charge in [-0.2, -0.15) is 8.42 Å². The van der Waals surface area contributed by atoms with E-state index < -0.39 is 10.2 Å². The van der Waals surface area contributed by atoms with Crippen LogP contribution in [0.3, 0.4) is 0 Å². The summed E-state index contributed by atoms with van der Waals surface area (Å²) in [6.45, 7) is 0. The van der Waals surface area contributed by atoms with Crippen molar-refractivity contribution in [1.29, 1.82) is 0 Å². The molecule has 0 fully saturated rings. The lowest BCUT2D eigenvalue weighted by atomic mass is 10.3. The molecule has 90 valence electrons. The molecule has 0 saturated carbocycles. The van der Waals surface area contributed by atoms with E-state index in [2.05, 4.69) is 20.6 Å². The molecule has 0 heterocycles. The molecule has 4 N–H and O–H groups in total. The Morgan fingerprint density at radius 2 is 1.56 bits per heavy atom. The van der Waals surface area contributed by atoms with Gasteiger partial charge in [0.25, 0.3) is 10.2 Å². The SMILES string of the molecule is CN(C)N=Nc1ccccc1.NS(N)(=O)=O. The summed E-state index contributed by atoms with van der Waals surface area (Å²) >= 11 is 0. The summed E-state index contributed by atoms with van der Waals surface area (Å²) < 4.78 is 18.4. The van der Waals surface area contributed by atoms with Gasteiger partial charge in [-0.1, -0.05) is 23.4 Å². The van der Waals surface area contributed by atoms with Crippen molar-refractivity contribution in [2.75, 3.05) is 14.1 Å². The maximum Gasteiger partial charge on any atom is 0.271 e. The molecule has 1 aromatic carbocycles. The van der Waals surface area contributed by atoms with Crippen molar-refractivity contribution in [3.8, 4) is 0 Å². The van der Waals surface area contributed by atoms with Gasteiger partial charge in [0.2, 0.25) is 0 Å². The van der Waals surface area contributed by atoms with Crippen LogP contribution in [0.15, 0.2) is 40.7 Å². The fourth-order valence-electron chi connectivity index (χ4n) is 0.636. The number of hydrogen-bond donors (Lipinski definition) is 2. The first-order valence-corrected chi connectivity index (χ1v) is 5.84. The molecule has 1 rings (SSSR count). The molecular weight excluding hydrogens is 230 g/mol. The van der Waals surface area contributed by atoms with Gasteiger partial charge in [0.05, 0.1) is 5.69 Å². The van der Waals surface area contributed by atoms with E-state index in [1.165, 1.54) is 0 Å². The number of rotatable bonds is 2. The van der Waals surface area contributed by atoms with E-state index >= 15 is 0 Å². The Morgan fingerprint density at radius 3 is 1.94 bits per heavy atom. The Balaban J connectivity index is 0.000000385. The van der Waals surface area contributed by atoms with Gasteiger partial charge in [-0.25, -0.2) is 10.3 Å². The molecule has 0 spiro atoms. The highest BCUT2D eigenvalue weighted by atomic mass is 32.2. The second kappa shape index (κ2) is 6.88. The fraction of sp³-hybridized carbons (Fsp3) is 0.250. The van der Waals surface area contributed by atoms with Crippen LogP contribution in [0, 0.1) is 0 Å². The van der Waals surface area contributed by atoms with E-state index in [-0.39, 0.29) is 0 Å². The first-order chi connectivity index (χ1) is 7.29. The third-order valence-corrected chi connectivity index (χ3v) is 1.10. The molecule has 0 aliphatic heterocycles. The van der Waals surface area contributed by atoms with Crippen molar-refractivity contribution in [3.05, 3.63) is 30.3 Å². The third-order valence-electron chi connectivity index (χ3n) is 1.10. The summed E-state index contributed by atoms with van der Waals surface area (Å²) in [6.07, 6.45) is 0. The molecule has 7 nitrogen and oxygen atoms in total. The van der Waals surface area contributed by atoms with E-state index in [0.717, 1.165) is 5.69 Å². The van der Waals surface area contributed by atoms with Gasteiger partial charge in [0, 0.05) is 14.1 Å². The lowest BCUT2D eigenvalue weighted by Gasteiger charge is -1.99. The van der Waals surface area contributed by atoms with Gasteiger partial charge in [0.15, 0.2) is 0 Å². The van der Waals surface area contributed by atoms with Crippen molar-refractivity contribution in [1.82, 2.24) is 5.01 Å². The van der Waals surface area contributed by atoms with Gasteiger partial charge in [-0.3, -0.25) is 5.01 Å². The van der Waals surface area contributed by atoms with Crippen LogP contribution >= 0.6 is 0 Å². The standard InChI is InChI=1S/C8H11N3.H4N2O2S/c1-11(2)10-9-8-6-4-3-5-7-8;1-5(2,3)4/h3-7H,1-2H3;(H4,1,2,3,4). The Hall–Kier alpha value is -1.51. The predicted octanol–water partition coefficient (Wildman–Crippen LogP) is 0.396. The minimum atomic E-state index is -3.67. The zero-order valence-electron chi connectivity index (χ0n) is 9.11. The molecule has 16 heavy (non-hydrogen) atoms. The second-order valence-electron chi connectivity index (χ2n) is 2.96. The number of nitrogens with zero attached hydrogens (tertiary/aromatic N) is 3. The van der Waals surface area contributed by atoms with Crippen molar-refractivity contribution in [2.24, 2.45) is 20.6 Å². The summed E-state index contributed by atoms with van der Waals surface area (Å²) in [5.74, 6) is 0. The highest BCUT2D eigenvalue weighted by molar-refractivity contribution is 7.86. The van der Waals surface area contributed by atoms with Crippen LogP contribution in [0.1, 0.15) is 0 Å². The fourth-order valence-corrected chi connectivity index (χ4v) is 0.636. The average molecular weight is 245 g/mol. The molecule has 0 unspecified atom stereocenters. The normalized spacial score (nSPS) is 10.8. The lowest BCUT2D eigenvalue weighted by molar-refractivity contribution is 0.408. The van der Waals surface area contributed by atoms with E-state index in [4.69, 9.17) is 0 Å². The van der Waals surface area contributed by atoms with Crippen molar-refractivity contribution >= 4 is 15.9 Å². The van der Waals surface area contributed by atoms with Gasteiger partial charge in [-0.05, 0) is 12.1 Å². The first kappa shape index (κ1) is 14.5. The molecule has 0 bridgehead atoms. The van der Waals surface area contributed by atoms with Crippen molar-refractivity contribution in [2.45, 2.75) is 0 Å². The minimum Gasteiger partial charge on any atom is -0.285 e. The van der Waals surface area contributed by atoms with Crippen LogP contribution in [-0.2, 0) is 10.2 Å². The molecule has 0 saturated heterocycles. The second-order valence-corrected chi connectivity index (χ2v) is 4.14. The first-order valence-electron chi connectivity index (χ1n) is 4.23. The molecule has 1 aromatic rings. The molecule has 8 heteroatoms. The highest BCUT2D eigenvalue weighted by Gasteiger charge is 1.83. The van der Waals surface area contributed by atoms with Gasteiger partial charge in [-0.15, -0.1) is 5.11 Å². The molecule has 0 aliphatic rings. The minimum absolute atomic E-state index is 0.876. The van der Waals surface area contributed by atoms with E-state index in [1.807, 2.05) is 44.4 Å². The monoisotopic (exact) mass is 245 g/mol. The lowest BCUT2D eigenvalue weighted by Crippen LogP contribution is -2.21. The van der Waals surface area contributed by atoms with Crippen LogP contribution in [0.4, 0.5) is 5.69 Å². The van der Waals surface area contributed by atoms with E-state index in [0.29, 0.717) is 0 Å².